The number of carbonyl (C=O) groups excluding carboxylic acids is 1. The zero-order chi connectivity index (χ0) is 13.2. The van der Waals surface area contributed by atoms with Crippen molar-refractivity contribution in [2.24, 2.45) is 11.8 Å². The second kappa shape index (κ2) is 5.24. The van der Waals surface area contributed by atoms with Gasteiger partial charge in [0.1, 0.15) is 5.54 Å². The Morgan fingerprint density at radius 2 is 2.00 bits per heavy atom. The smallest absolute Gasteiger partial charge is 0.329 e. The van der Waals surface area contributed by atoms with Gasteiger partial charge in [-0.3, -0.25) is 4.79 Å². The molecular formula is C12H20N2O4. The first kappa shape index (κ1) is 13.3. The minimum absolute atomic E-state index is 0.148. The summed E-state index contributed by atoms with van der Waals surface area (Å²) in [5, 5.41) is 15.2. The Bertz CT molecular complexity index is 335. The van der Waals surface area contributed by atoms with Crippen molar-refractivity contribution in [3.8, 4) is 0 Å². The van der Waals surface area contributed by atoms with E-state index in [1.54, 1.807) is 0 Å². The van der Waals surface area contributed by atoms with E-state index in [0.29, 0.717) is 32.0 Å². The number of amides is 1. The molecule has 2 heterocycles. The van der Waals surface area contributed by atoms with Crippen molar-refractivity contribution in [1.82, 2.24) is 10.6 Å². The quantitative estimate of drug-likeness (QED) is 0.636. The predicted molar refractivity (Wildman–Crippen MR) is 64.1 cm³/mol. The normalized spacial score (nSPS) is 24.9. The number of carboxylic acid groups (broad SMARTS) is 1. The largest absolute Gasteiger partial charge is 0.480 e. The van der Waals surface area contributed by atoms with Crippen molar-refractivity contribution in [1.29, 1.82) is 0 Å². The molecule has 0 aromatic heterocycles. The van der Waals surface area contributed by atoms with E-state index in [0.717, 1.165) is 13.1 Å². The molecule has 0 aromatic rings. The van der Waals surface area contributed by atoms with Gasteiger partial charge in [0, 0.05) is 32.0 Å². The van der Waals surface area contributed by atoms with Crippen LogP contribution in [0, 0.1) is 11.8 Å². The van der Waals surface area contributed by atoms with Crippen LogP contribution < -0.4 is 10.6 Å². The van der Waals surface area contributed by atoms with Crippen LogP contribution in [0.2, 0.25) is 0 Å². The number of ether oxygens (including phenoxy) is 1. The van der Waals surface area contributed by atoms with E-state index in [2.05, 4.69) is 10.6 Å². The Morgan fingerprint density at radius 3 is 2.44 bits per heavy atom. The molecular weight excluding hydrogens is 236 g/mol. The van der Waals surface area contributed by atoms with Crippen molar-refractivity contribution in [3.05, 3.63) is 0 Å². The summed E-state index contributed by atoms with van der Waals surface area (Å²) < 4.78 is 5.17. The summed E-state index contributed by atoms with van der Waals surface area (Å²) in [6.45, 7) is 4.28. The summed E-state index contributed by atoms with van der Waals surface area (Å²) in [6.07, 6.45) is 0.674. The van der Waals surface area contributed by atoms with E-state index in [1.165, 1.54) is 0 Å². The average molecular weight is 256 g/mol. The summed E-state index contributed by atoms with van der Waals surface area (Å²) in [6, 6.07) is 0. The molecule has 2 fully saturated rings. The summed E-state index contributed by atoms with van der Waals surface area (Å²) in [5.74, 6) is -0.954. The molecule has 1 atom stereocenters. The Labute approximate surface area is 106 Å². The average Bonchev–Trinajstić information content (AvgIpc) is 2.27. The lowest BCUT2D eigenvalue weighted by Gasteiger charge is -2.37. The molecule has 0 saturated carbocycles. The minimum Gasteiger partial charge on any atom is -0.480 e. The first-order valence-corrected chi connectivity index (χ1v) is 6.39. The third-order valence-corrected chi connectivity index (χ3v) is 4.05. The lowest BCUT2D eigenvalue weighted by Crippen LogP contribution is -2.60. The van der Waals surface area contributed by atoms with Gasteiger partial charge in [0.25, 0.3) is 0 Å². The number of carbonyl (C=O) groups is 2. The highest BCUT2D eigenvalue weighted by molar-refractivity contribution is 5.88. The molecule has 6 nitrogen and oxygen atoms in total. The highest BCUT2D eigenvalue weighted by Crippen LogP contribution is 2.23. The van der Waals surface area contributed by atoms with Gasteiger partial charge in [-0.15, -0.1) is 0 Å². The number of aliphatic carboxylic acids is 1. The Kier molecular flexibility index (Phi) is 3.87. The van der Waals surface area contributed by atoms with Crippen LogP contribution in [0.3, 0.4) is 0 Å². The fraction of sp³-hybridized carbons (Fsp3) is 0.833. The number of hydrogen-bond acceptors (Lipinski definition) is 4. The third-order valence-electron chi connectivity index (χ3n) is 4.05. The predicted octanol–water partition coefficient (Wildman–Crippen LogP) is -0.408. The van der Waals surface area contributed by atoms with Gasteiger partial charge < -0.3 is 20.5 Å². The maximum Gasteiger partial charge on any atom is 0.329 e. The number of carboxylic acids is 1. The first-order valence-electron chi connectivity index (χ1n) is 6.39. The number of nitrogens with one attached hydrogen (secondary N) is 2. The fourth-order valence-electron chi connectivity index (χ4n) is 2.34. The van der Waals surface area contributed by atoms with Crippen LogP contribution in [-0.4, -0.2) is 48.8 Å². The lowest BCUT2D eigenvalue weighted by atomic mass is 9.85. The van der Waals surface area contributed by atoms with Crippen LogP contribution in [-0.2, 0) is 14.3 Å². The molecule has 2 aliphatic rings. The standard InChI is InChI=1S/C12H20N2O4/c1-8(9-6-13-7-9)10(15)14-12(11(16)17)2-4-18-5-3-12/h8-9,13H,2-7H2,1H3,(H,14,15)(H,16,17). The van der Waals surface area contributed by atoms with Crippen LogP contribution in [0.25, 0.3) is 0 Å². The second-order valence-electron chi connectivity index (χ2n) is 5.20. The van der Waals surface area contributed by atoms with Crippen molar-refractivity contribution >= 4 is 11.9 Å². The molecule has 2 aliphatic heterocycles. The minimum atomic E-state index is -1.14. The molecule has 102 valence electrons. The molecule has 0 radical (unpaired) electrons. The molecule has 0 bridgehead atoms. The van der Waals surface area contributed by atoms with Crippen LogP contribution in [0.5, 0.6) is 0 Å². The molecule has 2 rings (SSSR count). The van der Waals surface area contributed by atoms with Gasteiger partial charge in [0.05, 0.1) is 0 Å². The SMILES string of the molecule is CC(C(=O)NC1(C(=O)O)CCOCC1)C1CNC1. The lowest BCUT2D eigenvalue weighted by molar-refractivity contribution is -0.153. The van der Waals surface area contributed by atoms with Gasteiger partial charge >= 0.3 is 5.97 Å². The van der Waals surface area contributed by atoms with E-state index in [9.17, 15) is 14.7 Å². The zero-order valence-electron chi connectivity index (χ0n) is 10.6. The van der Waals surface area contributed by atoms with E-state index >= 15 is 0 Å². The zero-order valence-corrected chi connectivity index (χ0v) is 10.6. The van der Waals surface area contributed by atoms with E-state index in [1.807, 2.05) is 6.92 Å². The monoisotopic (exact) mass is 256 g/mol. The van der Waals surface area contributed by atoms with Crippen LogP contribution >= 0.6 is 0 Å². The third kappa shape index (κ3) is 2.49. The fourth-order valence-corrected chi connectivity index (χ4v) is 2.34. The van der Waals surface area contributed by atoms with Crippen molar-refractivity contribution < 1.29 is 19.4 Å². The highest BCUT2D eigenvalue weighted by atomic mass is 16.5. The van der Waals surface area contributed by atoms with Gasteiger partial charge in [0.2, 0.25) is 5.91 Å². The van der Waals surface area contributed by atoms with Crippen molar-refractivity contribution in [3.63, 3.8) is 0 Å². The van der Waals surface area contributed by atoms with E-state index < -0.39 is 11.5 Å². The number of rotatable bonds is 4. The van der Waals surface area contributed by atoms with E-state index in [4.69, 9.17) is 4.74 Å². The highest BCUT2D eigenvalue weighted by Gasteiger charge is 2.43. The summed E-state index contributed by atoms with van der Waals surface area (Å²) in [5.41, 5.74) is -1.14. The molecule has 0 spiro atoms. The molecule has 1 unspecified atom stereocenters. The van der Waals surface area contributed by atoms with Crippen LogP contribution in [0.4, 0.5) is 0 Å². The Morgan fingerprint density at radius 1 is 1.39 bits per heavy atom. The van der Waals surface area contributed by atoms with Crippen LogP contribution in [0.15, 0.2) is 0 Å². The maximum absolute atomic E-state index is 12.1. The van der Waals surface area contributed by atoms with Gasteiger partial charge in [-0.25, -0.2) is 4.79 Å². The molecule has 0 aromatic carbocycles. The van der Waals surface area contributed by atoms with E-state index in [-0.39, 0.29) is 11.8 Å². The van der Waals surface area contributed by atoms with Crippen molar-refractivity contribution in [2.75, 3.05) is 26.3 Å². The maximum atomic E-state index is 12.1. The Balaban J connectivity index is 1.99. The summed E-state index contributed by atoms with van der Waals surface area (Å²) in [7, 11) is 0. The van der Waals surface area contributed by atoms with Gasteiger partial charge in [0.15, 0.2) is 0 Å². The molecule has 18 heavy (non-hydrogen) atoms. The molecule has 0 aliphatic carbocycles. The van der Waals surface area contributed by atoms with Gasteiger partial charge in [-0.1, -0.05) is 6.92 Å². The number of hydrogen-bond donors (Lipinski definition) is 3. The Hall–Kier alpha value is -1.14. The first-order chi connectivity index (χ1) is 8.55. The van der Waals surface area contributed by atoms with Crippen molar-refractivity contribution in [2.45, 2.75) is 25.3 Å². The molecule has 3 N–H and O–H groups in total. The van der Waals surface area contributed by atoms with Gasteiger partial charge in [-0.05, 0) is 19.0 Å². The van der Waals surface area contributed by atoms with Crippen LogP contribution in [0.1, 0.15) is 19.8 Å². The molecule has 2 saturated heterocycles. The summed E-state index contributed by atoms with van der Waals surface area (Å²) >= 11 is 0. The van der Waals surface area contributed by atoms with Gasteiger partial charge in [-0.2, -0.15) is 0 Å². The molecule has 6 heteroatoms. The topological polar surface area (TPSA) is 87.7 Å². The second-order valence-corrected chi connectivity index (χ2v) is 5.20. The summed E-state index contributed by atoms with van der Waals surface area (Å²) in [4.78, 5) is 23.5. The molecule has 1 amide bonds.